The number of amides is 1. The van der Waals surface area contributed by atoms with Crippen molar-refractivity contribution < 1.29 is 26.6 Å². The smallest absolute Gasteiger partial charge is 0.269 e. The lowest BCUT2D eigenvalue weighted by Crippen LogP contribution is -2.38. The van der Waals surface area contributed by atoms with Crippen molar-refractivity contribution in [2.45, 2.75) is 9.79 Å². The Labute approximate surface area is 225 Å². The SMILES string of the molecule is O=C(CN(c1ccc([N+](=O)[O-])cc1)S(=O)(=O)c1ccccc1)Nc1ccc(S(=O)(=O)Nc2ccccc2)cc1. The maximum atomic E-state index is 13.4. The molecule has 0 atom stereocenters. The van der Waals surface area contributed by atoms with Crippen LogP contribution in [0.4, 0.5) is 22.7 Å². The second-order valence-electron chi connectivity index (χ2n) is 8.14. The molecule has 4 rings (SSSR count). The number of nitrogens with one attached hydrogen (secondary N) is 2. The molecule has 39 heavy (non-hydrogen) atoms. The number of para-hydroxylation sites is 1. The predicted octanol–water partition coefficient (Wildman–Crippen LogP) is 4.23. The van der Waals surface area contributed by atoms with Gasteiger partial charge in [0, 0.05) is 23.5 Å². The van der Waals surface area contributed by atoms with Crippen molar-refractivity contribution in [1.29, 1.82) is 0 Å². The molecule has 0 radical (unpaired) electrons. The van der Waals surface area contributed by atoms with Crippen LogP contribution in [-0.2, 0) is 24.8 Å². The lowest BCUT2D eigenvalue weighted by atomic mass is 10.3. The van der Waals surface area contributed by atoms with Crippen LogP contribution < -0.4 is 14.3 Å². The second-order valence-corrected chi connectivity index (χ2v) is 11.7. The molecule has 0 saturated carbocycles. The number of carbonyl (C=O) groups is 1. The van der Waals surface area contributed by atoms with Crippen molar-refractivity contribution in [3.8, 4) is 0 Å². The standard InChI is InChI=1S/C26H22N4O7S2/c31-26(27-20-11-17-24(18-12-20)38(34,35)28-21-7-3-1-4-8-21)19-29(22-13-15-23(16-14-22)30(32)33)39(36,37)25-9-5-2-6-10-25/h1-18,28H,19H2,(H,27,31). The van der Waals surface area contributed by atoms with Crippen LogP contribution in [0.5, 0.6) is 0 Å². The minimum Gasteiger partial charge on any atom is -0.325 e. The van der Waals surface area contributed by atoms with E-state index >= 15 is 0 Å². The number of nitrogens with zero attached hydrogens (tertiary/aromatic N) is 2. The van der Waals surface area contributed by atoms with Crippen LogP contribution in [0.15, 0.2) is 119 Å². The molecule has 4 aromatic rings. The Hall–Kier alpha value is -4.75. The molecule has 0 fully saturated rings. The highest BCUT2D eigenvalue weighted by Gasteiger charge is 2.27. The van der Waals surface area contributed by atoms with E-state index in [2.05, 4.69) is 10.0 Å². The van der Waals surface area contributed by atoms with E-state index in [1.165, 1.54) is 60.7 Å². The summed E-state index contributed by atoms with van der Waals surface area (Å²) in [6, 6.07) is 25.9. The molecule has 13 heteroatoms. The Morgan fingerprint density at radius 2 is 1.28 bits per heavy atom. The summed E-state index contributed by atoms with van der Waals surface area (Å²) in [6.07, 6.45) is 0. The number of carbonyl (C=O) groups excluding carboxylic acids is 1. The fourth-order valence-electron chi connectivity index (χ4n) is 3.54. The van der Waals surface area contributed by atoms with Gasteiger partial charge in [0.25, 0.3) is 25.7 Å². The van der Waals surface area contributed by atoms with Crippen LogP contribution in [0, 0.1) is 10.1 Å². The number of rotatable bonds is 10. The van der Waals surface area contributed by atoms with Crippen LogP contribution >= 0.6 is 0 Å². The van der Waals surface area contributed by atoms with E-state index in [-0.39, 0.29) is 26.9 Å². The summed E-state index contributed by atoms with van der Waals surface area (Å²) in [4.78, 5) is 23.2. The number of anilines is 3. The first-order chi connectivity index (χ1) is 18.6. The van der Waals surface area contributed by atoms with Gasteiger partial charge in [-0.25, -0.2) is 16.8 Å². The van der Waals surface area contributed by atoms with Gasteiger partial charge in [-0.3, -0.25) is 23.9 Å². The van der Waals surface area contributed by atoms with E-state index in [1.807, 2.05) is 0 Å². The zero-order chi connectivity index (χ0) is 28.0. The average Bonchev–Trinajstić information content (AvgIpc) is 2.93. The predicted molar refractivity (Wildman–Crippen MR) is 146 cm³/mol. The Morgan fingerprint density at radius 3 is 1.85 bits per heavy atom. The molecule has 0 aromatic heterocycles. The number of hydrogen-bond acceptors (Lipinski definition) is 7. The average molecular weight is 567 g/mol. The molecule has 0 bridgehead atoms. The number of hydrogen-bond donors (Lipinski definition) is 2. The molecule has 1 amide bonds. The van der Waals surface area contributed by atoms with Gasteiger partial charge in [0.15, 0.2) is 0 Å². The fraction of sp³-hybridized carbons (Fsp3) is 0.0385. The summed E-state index contributed by atoms with van der Waals surface area (Å²) >= 11 is 0. The molecule has 11 nitrogen and oxygen atoms in total. The van der Waals surface area contributed by atoms with Crippen LogP contribution in [0.3, 0.4) is 0 Å². The molecule has 0 aliphatic heterocycles. The summed E-state index contributed by atoms with van der Waals surface area (Å²) in [7, 11) is -8.09. The van der Waals surface area contributed by atoms with E-state index < -0.39 is 37.4 Å². The molecule has 4 aromatic carbocycles. The van der Waals surface area contributed by atoms with Gasteiger partial charge in [-0.1, -0.05) is 36.4 Å². The summed E-state index contributed by atoms with van der Waals surface area (Å²) in [5, 5.41) is 13.6. The number of benzene rings is 4. The Morgan fingerprint density at radius 1 is 0.718 bits per heavy atom. The molecule has 0 aliphatic carbocycles. The third-order valence-corrected chi connectivity index (χ3v) is 8.63. The molecule has 0 unspecified atom stereocenters. The number of nitro benzene ring substituents is 1. The number of non-ortho nitro benzene ring substituents is 1. The Kier molecular flexibility index (Phi) is 7.93. The van der Waals surface area contributed by atoms with Crippen molar-refractivity contribution in [3.05, 3.63) is 119 Å². The third-order valence-electron chi connectivity index (χ3n) is 5.44. The summed E-state index contributed by atoms with van der Waals surface area (Å²) in [6.45, 7) is -0.648. The largest absolute Gasteiger partial charge is 0.325 e. The maximum Gasteiger partial charge on any atom is 0.269 e. The first kappa shape index (κ1) is 27.3. The van der Waals surface area contributed by atoms with Crippen molar-refractivity contribution in [1.82, 2.24) is 0 Å². The maximum absolute atomic E-state index is 13.4. The van der Waals surface area contributed by atoms with Crippen molar-refractivity contribution in [2.24, 2.45) is 0 Å². The van der Waals surface area contributed by atoms with E-state index in [4.69, 9.17) is 0 Å². The first-order valence-electron chi connectivity index (χ1n) is 11.4. The highest BCUT2D eigenvalue weighted by molar-refractivity contribution is 7.93. The van der Waals surface area contributed by atoms with E-state index in [1.54, 1.807) is 36.4 Å². The van der Waals surface area contributed by atoms with Crippen molar-refractivity contribution in [2.75, 3.05) is 20.9 Å². The zero-order valence-corrected chi connectivity index (χ0v) is 21.8. The zero-order valence-electron chi connectivity index (χ0n) is 20.2. The topological polar surface area (TPSA) is 156 Å². The second kappa shape index (κ2) is 11.3. The fourth-order valence-corrected chi connectivity index (χ4v) is 6.04. The minimum atomic E-state index is -4.22. The van der Waals surface area contributed by atoms with Gasteiger partial charge in [0.2, 0.25) is 5.91 Å². The number of sulfonamides is 2. The van der Waals surface area contributed by atoms with Gasteiger partial charge in [-0.05, 0) is 60.7 Å². The first-order valence-corrected chi connectivity index (χ1v) is 14.3. The third kappa shape index (κ3) is 6.58. The van der Waals surface area contributed by atoms with E-state index in [9.17, 15) is 31.7 Å². The van der Waals surface area contributed by atoms with E-state index in [0.29, 0.717) is 5.69 Å². The van der Waals surface area contributed by atoms with Crippen LogP contribution in [-0.4, -0.2) is 34.2 Å². The molecule has 0 saturated heterocycles. The Balaban J connectivity index is 1.54. The molecule has 200 valence electrons. The summed E-state index contributed by atoms with van der Waals surface area (Å²) in [5.74, 6) is -0.717. The molecule has 0 spiro atoms. The summed E-state index contributed by atoms with van der Waals surface area (Å²) in [5.41, 5.74) is 0.436. The lowest BCUT2D eigenvalue weighted by molar-refractivity contribution is -0.384. The highest BCUT2D eigenvalue weighted by Crippen LogP contribution is 2.26. The van der Waals surface area contributed by atoms with Crippen LogP contribution in [0.2, 0.25) is 0 Å². The monoisotopic (exact) mass is 566 g/mol. The van der Waals surface area contributed by atoms with Gasteiger partial charge < -0.3 is 5.32 Å². The lowest BCUT2D eigenvalue weighted by Gasteiger charge is -2.24. The van der Waals surface area contributed by atoms with Crippen molar-refractivity contribution >= 4 is 48.7 Å². The van der Waals surface area contributed by atoms with Gasteiger partial charge in [-0.2, -0.15) is 0 Å². The van der Waals surface area contributed by atoms with Crippen LogP contribution in [0.1, 0.15) is 0 Å². The van der Waals surface area contributed by atoms with Crippen molar-refractivity contribution in [3.63, 3.8) is 0 Å². The number of nitro groups is 1. The molecule has 0 aliphatic rings. The van der Waals surface area contributed by atoms with Crippen LogP contribution in [0.25, 0.3) is 0 Å². The normalized spacial score (nSPS) is 11.4. The molecule has 2 N–H and O–H groups in total. The Bertz CT molecular complexity index is 1680. The molecular weight excluding hydrogens is 544 g/mol. The van der Waals surface area contributed by atoms with Gasteiger partial charge in [0.1, 0.15) is 6.54 Å². The molecule has 0 heterocycles. The van der Waals surface area contributed by atoms with Gasteiger partial charge >= 0.3 is 0 Å². The highest BCUT2D eigenvalue weighted by atomic mass is 32.2. The van der Waals surface area contributed by atoms with E-state index in [0.717, 1.165) is 16.4 Å². The quantitative estimate of drug-likeness (QED) is 0.215. The summed E-state index contributed by atoms with van der Waals surface area (Å²) < 4.78 is 55.3. The van der Waals surface area contributed by atoms with Gasteiger partial charge in [0.05, 0.1) is 20.4 Å². The molecular formula is C26H22N4O7S2. The minimum absolute atomic E-state index is 0.0384. The van der Waals surface area contributed by atoms with Gasteiger partial charge in [-0.15, -0.1) is 0 Å².